The summed E-state index contributed by atoms with van der Waals surface area (Å²) in [6, 6.07) is 6.13. The Labute approximate surface area is 210 Å². The summed E-state index contributed by atoms with van der Waals surface area (Å²) in [5.74, 6) is -1.76. The highest BCUT2D eigenvalue weighted by Gasteiger charge is 2.74. The molecule has 9 heteroatoms. The summed E-state index contributed by atoms with van der Waals surface area (Å²) in [4.78, 5) is 46.7. The topological polar surface area (TPSA) is 99.6 Å². The molecule has 0 aliphatic carbocycles. The minimum atomic E-state index is -1.32. The van der Waals surface area contributed by atoms with E-state index in [4.69, 9.17) is 9.47 Å². The van der Waals surface area contributed by atoms with Crippen molar-refractivity contribution in [3.63, 3.8) is 0 Å². The van der Waals surface area contributed by atoms with Gasteiger partial charge in [0.25, 0.3) is 5.91 Å². The molecule has 1 spiro atoms. The maximum Gasteiger partial charge on any atom is 0.253 e. The van der Waals surface area contributed by atoms with Crippen molar-refractivity contribution in [1.29, 1.82) is 0 Å². The fourth-order valence-corrected chi connectivity index (χ4v) is 6.38. The molecule has 1 aromatic rings. The summed E-state index contributed by atoms with van der Waals surface area (Å²) in [7, 11) is 1.58. The first-order chi connectivity index (χ1) is 17.3. The van der Waals surface area contributed by atoms with E-state index < -0.39 is 29.1 Å². The minimum Gasteiger partial charge on any atom is -0.497 e. The SMILES string of the molecule is CCCN1CC=C[C@@]2(C)O[C@]34C=CCN(c5ccc(OC)cc5)C(=O)C3N(CCO)C(=O)[C@@H]4[C@H]2C1=O. The van der Waals surface area contributed by atoms with Crippen LogP contribution >= 0.6 is 0 Å². The number of nitrogens with zero attached hydrogens (tertiary/aromatic N) is 3. The lowest BCUT2D eigenvalue weighted by Gasteiger charge is -2.37. The van der Waals surface area contributed by atoms with Gasteiger partial charge in [-0.2, -0.15) is 0 Å². The average Bonchev–Trinajstić information content (AvgIpc) is 3.13. The lowest BCUT2D eigenvalue weighted by Crippen LogP contribution is -2.56. The van der Waals surface area contributed by atoms with Crippen molar-refractivity contribution in [3.05, 3.63) is 48.6 Å². The number of carbonyl (C=O) groups excluding carboxylic acids is 3. The van der Waals surface area contributed by atoms with E-state index in [1.807, 2.05) is 38.2 Å². The molecule has 2 fully saturated rings. The number of anilines is 1. The van der Waals surface area contributed by atoms with E-state index in [2.05, 4.69) is 0 Å². The minimum absolute atomic E-state index is 0.0206. The van der Waals surface area contributed by atoms with E-state index >= 15 is 0 Å². The number of hydrogen-bond donors (Lipinski definition) is 1. The molecule has 36 heavy (non-hydrogen) atoms. The Morgan fingerprint density at radius 2 is 1.72 bits per heavy atom. The van der Waals surface area contributed by atoms with Gasteiger partial charge in [0.2, 0.25) is 11.8 Å². The maximum atomic E-state index is 14.2. The molecular formula is C27H33N3O6. The average molecular weight is 496 g/mol. The number of benzene rings is 1. The maximum absolute atomic E-state index is 14.2. The second-order valence-electron chi connectivity index (χ2n) is 9.99. The second-order valence-corrected chi connectivity index (χ2v) is 9.99. The van der Waals surface area contributed by atoms with E-state index in [0.29, 0.717) is 24.5 Å². The number of hydrogen-bond acceptors (Lipinski definition) is 6. The Morgan fingerprint density at radius 1 is 1.00 bits per heavy atom. The van der Waals surface area contributed by atoms with Crippen molar-refractivity contribution < 1.29 is 29.0 Å². The van der Waals surface area contributed by atoms with Gasteiger partial charge in [-0.25, -0.2) is 0 Å². The first-order valence-corrected chi connectivity index (χ1v) is 12.5. The van der Waals surface area contributed by atoms with Crippen LogP contribution < -0.4 is 9.64 Å². The number of β-amino-alcohol motifs (C(OH)–C–C–N with tert-alkyl or cyclic N) is 1. The first kappa shape index (κ1) is 24.5. The Morgan fingerprint density at radius 3 is 2.39 bits per heavy atom. The van der Waals surface area contributed by atoms with E-state index in [-0.39, 0.29) is 37.4 Å². The lowest BCUT2D eigenvalue weighted by atomic mass is 9.74. The summed E-state index contributed by atoms with van der Waals surface area (Å²) >= 11 is 0. The molecule has 9 nitrogen and oxygen atoms in total. The van der Waals surface area contributed by atoms with Gasteiger partial charge < -0.3 is 29.3 Å². The number of rotatable bonds is 6. The molecule has 4 heterocycles. The zero-order chi connectivity index (χ0) is 25.7. The molecule has 2 saturated heterocycles. The first-order valence-electron chi connectivity index (χ1n) is 12.5. The largest absolute Gasteiger partial charge is 0.497 e. The van der Waals surface area contributed by atoms with Crippen LogP contribution in [0.3, 0.4) is 0 Å². The van der Waals surface area contributed by atoms with Crippen LogP contribution in [0, 0.1) is 11.8 Å². The molecule has 1 unspecified atom stereocenters. The molecule has 1 N–H and O–H groups in total. The molecular weight excluding hydrogens is 462 g/mol. The third-order valence-electron chi connectivity index (χ3n) is 7.86. The third kappa shape index (κ3) is 3.48. The van der Waals surface area contributed by atoms with Crippen molar-refractivity contribution in [2.45, 2.75) is 37.5 Å². The quantitative estimate of drug-likeness (QED) is 0.599. The number of methoxy groups -OCH3 is 1. The highest BCUT2D eigenvalue weighted by Crippen LogP contribution is 2.57. The predicted molar refractivity (Wildman–Crippen MR) is 132 cm³/mol. The van der Waals surface area contributed by atoms with Gasteiger partial charge >= 0.3 is 0 Å². The highest BCUT2D eigenvalue weighted by molar-refractivity contribution is 6.06. The van der Waals surface area contributed by atoms with Gasteiger partial charge in [0.15, 0.2) is 0 Å². The number of aliphatic hydroxyl groups excluding tert-OH is 1. The predicted octanol–water partition coefficient (Wildman–Crippen LogP) is 1.37. The normalized spacial score (nSPS) is 33.4. The highest BCUT2D eigenvalue weighted by atomic mass is 16.5. The second kappa shape index (κ2) is 9.05. The molecule has 0 saturated carbocycles. The Hall–Kier alpha value is -3.17. The van der Waals surface area contributed by atoms with E-state index in [9.17, 15) is 19.5 Å². The van der Waals surface area contributed by atoms with Crippen LogP contribution in [0.2, 0.25) is 0 Å². The van der Waals surface area contributed by atoms with Gasteiger partial charge in [-0.1, -0.05) is 31.2 Å². The Balaban J connectivity index is 1.61. The molecule has 0 radical (unpaired) electrons. The van der Waals surface area contributed by atoms with Crippen molar-refractivity contribution in [1.82, 2.24) is 9.80 Å². The van der Waals surface area contributed by atoms with Gasteiger partial charge in [-0.3, -0.25) is 14.4 Å². The zero-order valence-corrected chi connectivity index (χ0v) is 20.9. The van der Waals surface area contributed by atoms with Crippen LogP contribution in [0.4, 0.5) is 5.69 Å². The van der Waals surface area contributed by atoms with Gasteiger partial charge in [0.1, 0.15) is 17.4 Å². The van der Waals surface area contributed by atoms with Crippen LogP contribution in [0.15, 0.2) is 48.6 Å². The molecule has 192 valence electrons. The lowest BCUT2D eigenvalue weighted by molar-refractivity contribution is -0.148. The number of aliphatic hydroxyl groups is 1. The van der Waals surface area contributed by atoms with E-state index in [1.54, 1.807) is 41.2 Å². The fourth-order valence-electron chi connectivity index (χ4n) is 6.38. The number of ether oxygens (including phenoxy) is 2. The molecule has 4 aliphatic rings. The van der Waals surface area contributed by atoms with Crippen LogP contribution in [0.1, 0.15) is 20.3 Å². The number of carbonyl (C=O) groups is 3. The Bertz CT molecular complexity index is 1120. The molecule has 0 bridgehead atoms. The van der Waals surface area contributed by atoms with Crippen LogP contribution in [0.25, 0.3) is 0 Å². The molecule has 1 aromatic carbocycles. The van der Waals surface area contributed by atoms with Crippen LogP contribution in [0.5, 0.6) is 5.75 Å². The fraction of sp³-hybridized carbons (Fsp3) is 0.519. The molecule has 5 rings (SSSR count). The van der Waals surface area contributed by atoms with Gasteiger partial charge in [-0.15, -0.1) is 0 Å². The van der Waals surface area contributed by atoms with Gasteiger partial charge in [0, 0.05) is 31.9 Å². The summed E-state index contributed by atoms with van der Waals surface area (Å²) in [5.41, 5.74) is -1.70. The van der Waals surface area contributed by atoms with E-state index in [0.717, 1.165) is 6.42 Å². The van der Waals surface area contributed by atoms with E-state index in [1.165, 1.54) is 4.90 Å². The molecule has 5 atom stereocenters. The van der Waals surface area contributed by atoms with Gasteiger partial charge in [0.05, 0.1) is 31.2 Å². The third-order valence-corrected chi connectivity index (χ3v) is 7.86. The summed E-state index contributed by atoms with van der Waals surface area (Å²) in [6.45, 7) is 4.84. The molecule has 0 aromatic heterocycles. The van der Waals surface area contributed by atoms with Crippen molar-refractivity contribution in [2.75, 3.05) is 44.8 Å². The van der Waals surface area contributed by atoms with Crippen LogP contribution in [-0.2, 0) is 19.1 Å². The smallest absolute Gasteiger partial charge is 0.253 e. The van der Waals surface area contributed by atoms with Crippen molar-refractivity contribution in [3.8, 4) is 5.75 Å². The van der Waals surface area contributed by atoms with Gasteiger partial charge in [-0.05, 0) is 37.6 Å². The monoisotopic (exact) mass is 495 g/mol. The summed E-state index contributed by atoms with van der Waals surface area (Å²) in [5, 5.41) is 9.81. The number of fused-ring (bicyclic) bond motifs is 2. The number of likely N-dealkylation sites (tertiary alicyclic amines) is 1. The van der Waals surface area contributed by atoms with Crippen molar-refractivity contribution >= 4 is 23.4 Å². The standard InChI is InChI=1S/C27H33N3O6/c1-4-13-28-14-5-11-26(2)20(23(28)32)21-24(33)30(16-17-31)22-25(34)29(15-6-12-27(21,22)36-26)18-7-9-19(35-3)10-8-18/h5-12,20-22,31H,4,13-17H2,1-3H3/t20-,21-,22?,26+,27-/m0/s1. The summed E-state index contributed by atoms with van der Waals surface area (Å²) in [6.07, 6.45) is 8.25. The molecule has 3 amide bonds. The number of amides is 3. The summed E-state index contributed by atoms with van der Waals surface area (Å²) < 4.78 is 12.0. The molecule has 4 aliphatic heterocycles. The Kier molecular flexibility index (Phi) is 6.16. The zero-order valence-electron chi connectivity index (χ0n) is 20.9. The van der Waals surface area contributed by atoms with Crippen molar-refractivity contribution in [2.24, 2.45) is 11.8 Å². The van der Waals surface area contributed by atoms with Crippen LogP contribution in [-0.4, -0.2) is 89.8 Å².